The van der Waals surface area contributed by atoms with Crippen molar-refractivity contribution in [2.24, 2.45) is 11.8 Å². The lowest BCUT2D eigenvalue weighted by atomic mass is 9.69. The Morgan fingerprint density at radius 3 is 2.68 bits per heavy atom. The number of allylic oxidation sites excluding steroid dienone is 1. The minimum Gasteiger partial charge on any atom is -0.339 e. The molecule has 0 aromatic carbocycles. The van der Waals surface area contributed by atoms with Crippen LogP contribution in [0, 0.1) is 11.8 Å². The van der Waals surface area contributed by atoms with Crippen molar-refractivity contribution in [2.45, 2.75) is 51.4 Å². The third-order valence-corrected chi connectivity index (χ3v) is 5.04. The van der Waals surface area contributed by atoms with Gasteiger partial charge in [-0.1, -0.05) is 5.57 Å². The third kappa shape index (κ3) is 2.75. The summed E-state index contributed by atoms with van der Waals surface area (Å²) in [5, 5.41) is 0. The highest BCUT2D eigenvalue weighted by atomic mass is 16.2. The van der Waals surface area contributed by atoms with Crippen LogP contribution in [0.25, 0.3) is 0 Å². The average Bonchev–Trinajstić information content (AvgIpc) is 2.94. The van der Waals surface area contributed by atoms with Crippen molar-refractivity contribution in [3.05, 3.63) is 11.6 Å². The van der Waals surface area contributed by atoms with Gasteiger partial charge in [-0.15, -0.1) is 0 Å². The van der Waals surface area contributed by atoms with E-state index in [-0.39, 0.29) is 11.8 Å². The van der Waals surface area contributed by atoms with Gasteiger partial charge in [-0.05, 0) is 50.9 Å². The van der Waals surface area contributed by atoms with Gasteiger partial charge < -0.3 is 4.90 Å². The van der Waals surface area contributed by atoms with E-state index in [1.165, 1.54) is 12.0 Å². The Hall–Kier alpha value is -1.12. The van der Waals surface area contributed by atoms with Crippen LogP contribution in [0.1, 0.15) is 51.4 Å². The number of hydrogen-bond donors (Lipinski definition) is 0. The first kappa shape index (κ1) is 12.9. The van der Waals surface area contributed by atoms with Gasteiger partial charge in [0.25, 0.3) is 0 Å². The zero-order valence-electron chi connectivity index (χ0n) is 11.6. The number of likely N-dealkylation sites (tertiary alicyclic amines) is 1. The SMILES string of the molecule is O=C1CCC[C@H]2CC/C(=C/C(=O)N3CCCC3)C[C@H]12. The summed E-state index contributed by atoms with van der Waals surface area (Å²) in [6.45, 7) is 1.82. The van der Waals surface area contributed by atoms with Gasteiger partial charge in [0.2, 0.25) is 5.91 Å². The maximum atomic E-state index is 12.1. The van der Waals surface area contributed by atoms with E-state index in [0.29, 0.717) is 11.7 Å². The fourth-order valence-corrected chi connectivity index (χ4v) is 3.90. The maximum absolute atomic E-state index is 12.1. The second-order valence-electron chi connectivity index (χ2n) is 6.30. The Morgan fingerprint density at radius 1 is 1.11 bits per heavy atom. The standard InChI is InChI=1S/C16H23NO2/c18-15-5-3-4-13-7-6-12(10-14(13)15)11-16(19)17-8-1-2-9-17/h11,13-14H,1-10H2/b12-11-/t13-,14-/m0/s1. The summed E-state index contributed by atoms with van der Waals surface area (Å²) in [6.07, 6.45) is 10.1. The highest BCUT2D eigenvalue weighted by Gasteiger charge is 2.35. The van der Waals surface area contributed by atoms with E-state index in [4.69, 9.17) is 0 Å². The fourth-order valence-electron chi connectivity index (χ4n) is 3.90. The summed E-state index contributed by atoms with van der Waals surface area (Å²) in [5.41, 5.74) is 1.22. The molecule has 1 heterocycles. The molecule has 3 aliphatic rings. The van der Waals surface area contributed by atoms with Crippen LogP contribution in [0.3, 0.4) is 0 Å². The number of amides is 1. The summed E-state index contributed by atoms with van der Waals surface area (Å²) >= 11 is 0. The van der Waals surface area contributed by atoms with Crippen molar-refractivity contribution >= 4 is 11.7 Å². The fraction of sp³-hybridized carbons (Fsp3) is 0.750. The molecule has 3 rings (SSSR count). The molecule has 104 valence electrons. The number of ketones is 1. The smallest absolute Gasteiger partial charge is 0.246 e. The molecule has 19 heavy (non-hydrogen) atoms. The summed E-state index contributed by atoms with van der Waals surface area (Å²) in [4.78, 5) is 26.1. The molecule has 3 nitrogen and oxygen atoms in total. The number of carbonyl (C=O) groups excluding carboxylic acids is 2. The number of nitrogens with zero attached hydrogens (tertiary/aromatic N) is 1. The Bertz CT molecular complexity index is 407. The van der Waals surface area contributed by atoms with Crippen molar-refractivity contribution in [3.63, 3.8) is 0 Å². The molecular formula is C16H23NO2. The molecular weight excluding hydrogens is 238 g/mol. The molecule has 0 bridgehead atoms. The van der Waals surface area contributed by atoms with Gasteiger partial charge in [0, 0.05) is 31.5 Å². The van der Waals surface area contributed by atoms with Gasteiger partial charge in [0.1, 0.15) is 5.78 Å². The second-order valence-corrected chi connectivity index (χ2v) is 6.30. The van der Waals surface area contributed by atoms with Crippen molar-refractivity contribution in [1.82, 2.24) is 4.90 Å². The lowest BCUT2D eigenvalue weighted by molar-refractivity contribution is -0.128. The van der Waals surface area contributed by atoms with Gasteiger partial charge in [-0.3, -0.25) is 9.59 Å². The predicted molar refractivity (Wildman–Crippen MR) is 73.6 cm³/mol. The van der Waals surface area contributed by atoms with Crippen molar-refractivity contribution in [1.29, 1.82) is 0 Å². The van der Waals surface area contributed by atoms with Crippen molar-refractivity contribution in [2.75, 3.05) is 13.1 Å². The first-order valence-electron chi connectivity index (χ1n) is 7.75. The van der Waals surface area contributed by atoms with Crippen LogP contribution in [0.5, 0.6) is 0 Å². The molecule has 3 fully saturated rings. The van der Waals surface area contributed by atoms with E-state index in [2.05, 4.69) is 0 Å². The molecule has 0 unspecified atom stereocenters. The first-order valence-corrected chi connectivity index (χ1v) is 7.75. The van der Waals surface area contributed by atoms with Crippen LogP contribution >= 0.6 is 0 Å². The molecule has 1 aliphatic heterocycles. The number of rotatable bonds is 1. The topological polar surface area (TPSA) is 37.4 Å². The lowest BCUT2D eigenvalue weighted by Gasteiger charge is -2.35. The zero-order valence-corrected chi connectivity index (χ0v) is 11.6. The highest BCUT2D eigenvalue weighted by Crippen LogP contribution is 2.40. The lowest BCUT2D eigenvalue weighted by Crippen LogP contribution is -2.32. The molecule has 0 N–H and O–H groups in total. The van der Waals surface area contributed by atoms with Gasteiger partial charge >= 0.3 is 0 Å². The van der Waals surface area contributed by atoms with Crippen LogP contribution in [0.4, 0.5) is 0 Å². The minimum absolute atomic E-state index is 0.175. The number of fused-ring (bicyclic) bond motifs is 1. The van der Waals surface area contributed by atoms with Gasteiger partial charge in [0.15, 0.2) is 0 Å². The molecule has 2 saturated carbocycles. The normalized spacial score (nSPS) is 33.6. The van der Waals surface area contributed by atoms with Gasteiger partial charge in [-0.2, -0.15) is 0 Å². The van der Waals surface area contributed by atoms with E-state index in [0.717, 1.165) is 58.0 Å². The number of hydrogen-bond acceptors (Lipinski definition) is 2. The molecule has 2 aliphatic carbocycles. The maximum Gasteiger partial charge on any atom is 0.246 e. The Morgan fingerprint density at radius 2 is 1.89 bits per heavy atom. The molecule has 3 heteroatoms. The minimum atomic E-state index is 0.175. The molecule has 1 amide bonds. The van der Waals surface area contributed by atoms with Crippen molar-refractivity contribution < 1.29 is 9.59 Å². The highest BCUT2D eigenvalue weighted by molar-refractivity contribution is 5.89. The second kappa shape index (κ2) is 5.48. The third-order valence-electron chi connectivity index (χ3n) is 5.04. The molecule has 2 atom stereocenters. The first-order chi connectivity index (χ1) is 9.24. The summed E-state index contributed by atoms with van der Waals surface area (Å²) in [5.74, 6) is 1.44. The Labute approximate surface area is 115 Å². The Balaban J connectivity index is 1.65. The van der Waals surface area contributed by atoms with Crippen LogP contribution in [-0.2, 0) is 9.59 Å². The van der Waals surface area contributed by atoms with E-state index in [1.54, 1.807) is 0 Å². The van der Waals surface area contributed by atoms with Crippen LogP contribution in [-0.4, -0.2) is 29.7 Å². The van der Waals surface area contributed by atoms with Crippen LogP contribution in [0.15, 0.2) is 11.6 Å². The largest absolute Gasteiger partial charge is 0.339 e. The Kier molecular flexibility index (Phi) is 3.72. The van der Waals surface area contributed by atoms with Gasteiger partial charge in [-0.25, -0.2) is 0 Å². The van der Waals surface area contributed by atoms with E-state index in [1.807, 2.05) is 11.0 Å². The summed E-state index contributed by atoms with van der Waals surface area (Å²) in [7, 11) is 0. The molecule has 0 spiro atoms. The quantitative estimate of drug-likeness (QED) is 0.681. The van der Waals surface area contributed by atoms with Gasteiger partial charge in [0.05, 0.1) is 0 Å². The molecule has 0 aromatic rings. The van der Waals surface area contributed by atoms with E-state index in [9.17, 15) is 9.59 Å². The zero-order chi connectivity index (χ0) is 13.2. The van der Waals surface area contributed by atoms with Crippen molar-refractivity contribution in [3.8, 4) is 0 Å². The van der Waals surface area contributed by atoms with Crippen LogP contribution < -0.4 is 0 Å². The molecule has 0 aromatic heterocycles. The van der Waals surface area contributed by atoms with E-state index >= 15 is 0 Å². The molecule has 0 radical (unpaired) electrons. The number of carbonyl (C=O) groups is 2. The van der Waals surface area contributed by atoms with Crippen LogP contribution in [0.2, 0.25) is 0 Å². The summed E-state index contributed by atoms with van der Waals surface area (Å²) in [6, 6.07) is 0. The summed E-state index contributed by atoms with van der Waals surface area (Å²) < 4.78 is 0. The number of Topliss-reactive ketones (excluding diaryl/α,β-unsaturated/α-hetero) is 1. The van der Waals surface area contributed by atoms with E-state index < -0.39 is 0 Å². The molecule has 1 saturated heterocycles. The average molecular weight is 261 g/mol. The predicted octanol–water partition coefficient (Wildman–Crippen LogP) is 2.70. The monoisotopic (exact) mass is 261 g/mol.